The molecule has 4 nitrogen and oxygen atoms in total. The molecule has 1 aromatic carbocycles. The number of benzene rings is 1. The molecule has 4 heteroatoms. The number of nitrogens with zero attached hydrogens (tertiary/aromatic N) is 3. The molecule has 1 aliphatic heterocycles. The Hall–Kier alpha value is -2.07. The van der Waals surface area contributed by atoms with Gasteiger partial charge < -0.3 is 0 Å². The second-order valence-corrected chi connectivity index (χ2v) is 5.33. The van der Waals surface area contributed by atoms with Gasteiger partial charge in [0.15, 0.2) is 5.82 Å². The van der Waals surface area contributed by atoms with Crippen LogP contribution in [0, 0.1) is 6.92 Å². The molecule has 2 heterocycles. The van der Waals surface area contributed by atoms with Crippen molar-refractivity contribution >= 4 is 17.2 Å². The van der Waals surface area contributed by atoms with Crippen LogP contribution in [0.4, 0.5) is 17.2 Å². The fraction of sp³-hybridized carbons (Fsp3) is 0.267. The van der Waals surface area contributed by atoms with Gasteiger partial charge in [-0.15, -0.1) is 0 Å². The van der Waals surface area contributed by atoms with Crippen molar-refractivity contribution < 1.29 is 0 Å². The van der Waals surface area contributed by atoms with Gasteiger partial charge in [-0.05, 0) is 44.5 Å². The average molecular weight is 254 g/mol. The van der Waals surface area contributed by atoms with Crippen LogP contribution in [0.15, 0.2) is 42.6 Å². The van der Waals surface area contributed by atoms with E-state index in [-0.39, 0.29) is 5.66 Å². The average Bonchev–Trinajstić information content (AvgIpc) is 2.59. The SMILES string of the molecule is Cc1ccccc1N1c2ncccc2N(N)C1(C)C. The third-order valence-corrected chi connectivity index (χ3v) is 3.73. The number of pyridine rings is 1. The number of rotatable bonds is 1. The van der Waals surface area contributed by atoms with Gasteiger partial charge in [0.05, 0.1) is 5.69 Å². The number of nitrogens with two attached hydrogens (primary N) is 1. The van der Waals surface area contributed by atoms with E-state index < -0.39 is 0 Å². The third-order valence-electron chi connectivity index (χ3n) is 3.73. The van der Waals surface area contributed by atoms with E-state index in [9.17, 15) is 0 Å². The van der Waals surface area contributed by atoms with Gasteiger partial charge in [0, 0.05) is 11.9 Å². The number of anilines is 3. The highest BCUT2D eigenvalue weighted by molar-refractivity contribution is 5.82. The van der Waals surface area contributed by atoms with Crippen LogP contribution in [-0.4, -0.2) is 10.6 Å². The fourth-order valence-corrected chi connectivity index (χ4v) is 2.63. The molecule has 0 fully saturated rings. The van der Waals surface area contributed by atoms with Crippen molar-refractivity contribution in [1.29, 1.82) is 0 Å². The number of aromatic nitrogens is 1. The highest BCUT2D eigenvalue weighted by Crippen LogP contribution is 2.46. The predicted octanol–water partition coefficient (Wildman–Crippen LogP) is 2.96. The molecule has 0 unspecified atom stereocenters. The maximum absolute atomic E-state index is 6.25. The smallest absolute Gasteiger partial charge is 0.160 e. The van der Waals surface area contributed by atoms with Crippen LogP contribution in [0.3, 0.4) is 0 Å². The Morgan fingerprint density at radius 3 is 2.47 bits per heavy atom. The number of hydrazine groups is 1. The Labute approximate surface area is 113 Å². The van der Waals surface area contributed by atoms with Crippen molar-refractivity contribution in [3.8, 4) is 0 Å². The van der Waals surface area contributed by atoms with Crippen molar-refractivity contribution in [3.63, 3.8) is 0 Å². The zero-order valence-electron chi connectivity index (χ0n) is 11.5. The number of hydrogen-bond acceptors (Lipinski definition) is 4. The van der Waals surface area contributed by atoms with Crippen LogP contribution in [0.2, 0.25) is 0 Å². The minimum atomic E-state index is -0.344. The molecule has 0 spiro atoms. The van der Waals surface area contributed by atoms with Gasteiger partial charge in [-0.2, -0.15) is 0 Å². The Morgan fingerprint density at radius 2 is 1.74 bits per heavy atom. The van der Waals surface area contributed by atoms with Crippen LogP contribution >= 0.6 is 0 Å². The first-order valence-electron chi connectivity index (χ1n) is 6.39. The molecule has 0 atom stereocenters. The fourth-order valence-electron chi connectivity index (χ4n) is 2.63. The first kappa shape index (κ1) is 12.0. The standard InChI is InChI=1S/C15H18N4/c1-11-7-4-5-8-12(11)18-14-13(9-6-10-17-14)19(16)15(18,2)3/h4-10H,16H2,1-3H3. The molecule has 19 heavy (non-hydrogen) atoms. The third kappa shape index (κ3) is 1.60. The summed E-state index contributed by atoms with van der Waals surface area (Å²) < 4.78 is 0. The summed E-state index contributed by atoms with van der Waals surface area (Å²) in [5.74, 6) is 7.16. The Bertz CT molecular complexity index is 621. The summed E-state index contributed by atoms with van der Waals surface area (Å²) in [6.07, 6.45) is 1.80. The summed E-state index contributed by atoms with van der Waals surface area (Å²) in [6, 6.07) is 12.2. The molecule has 0 radical (unpaired) electrons. The predicted molar refractivity (Wildman–Crippen MR) is 78.3 cm³/mol. The lowest BCUT2D eigenvalue weighted by atomic mass is 10.1. The Kier molecular flexibility index (Phi) is 2.50. The van der Waals surface area contributed by atoms with E-state index in [1.54, 1.807) is 11.2 Å². The summed E-state index contributed by atoms with van der Waals surface area (Å²) >= 11 is 0. The highest BCUT2D eigenvalue weighted by atomic mass is 15.6. The zero-order chi connectivity index (χ0) is 13.6. The summed E-state index contributed by atoms with van der Waals surface area (Å²) in [4.78, 5) is 6.70. The van der Waals surface area contributed by atoms with Gasteiger partial charge in [0.2, 0.25) is 0 Å². The lowest BCUT2D eigenvalue weighted by molar-refractivity contribution is 0.498. The Balaban J connectivity index is 2.23. The van der Waals surface area contributed by atoms with E-state index in [0.717, 1.165) is 17.2 Å². The Morgan fingerprint density at radius 1 is 1.05 bits per heavy atom. The summed E-state index contributed by atoms with van der Waals surface area (Å²) in [7, 11) is 0. The second kappa shape index (κ2) is 3.96. The molecule has 2 aromatic rings. The van der Waals surface area contributed by atoms with Crippen molar-refractivity contribution in [2.24, 2.45) is 5.84 Å². The molecule has 0 saturated heterocycles. The normalized spacial score (nSPS) is 16.6. The monoisotopic (exact) mass is 254 g/mol. The van der Waals surface area contributed by atoms with E-state index in [1.165, 1.54) is 5.56 Å². The molecule has 0 bridgehead atoms. The topological polar surface area (TPSA) is 45.4 Å². The summed E-state index contributed by atoms with van der Waals surface area (Å²) in [5.41, 5.74) is 2.96. The lowest BCUT2D eigenvalue weighted by Crippen LogP contribution is -2.54. The van der Waals surface area contributed by atoms with Gasteiger partial charge in [-0.25, -0.2) is 10.8 Å². The molecule has 1 aromatic heterocycles. The van der Waals surface area contributed by atoms with E-state index in [1.807, 2.05) is 24.3 Å². The van der Waals surface area contributed by atoms with Crippen LogP contribution in [-0.2, 0) is 0 Å². The number of para-hydroxylation sites is 1. The van der Waals surface area contributed by atoms with Gasteiger partial charge in [-0.3, -0.25) is 9.91 Å². The van der Waals surface area contributed by atoms with Crippen LogP contribution in [0.5, 0.6) is 0 Å². The van der Waals surface area contributed by atoms with Crippen molar-refractivity contribution in [1.82, 2.24) is 4.98 Å². The quantitative estimate of drug-likeness (QED) is 0.795. The summed E-state index contributed by atoms with van der Waals surface area (Å²) in [6.45, 7) is 6.30. The molecule has 0 amide bonds. The highest BCUT2D eigenvalue weighted by Gasteiger charge is 2.43. The maximum atomic E-state index is 6.25. The molecule has 0 saturated carbocycles. The van der Waals surface area contributed by atoms with Gasteiger partial charge in [-0.1, -0.05) is 18.2 Å². The molecule has 0 aliphatic carbocycles. The number of hydrogen-bond donors (Lipinski definition) is 1. The molecular formula is C15H18N4. The minimum absolute atomic E-state index is 0.344. The molecule has 2 N–H and O–H groups in total. The molecular weight excluding hydrogens is 236 g/mol. The van der Waals surface area contributed by atoms with Crippen LogP contribution in [0.1, 0.15) is 19.4 Å². The van der Waals surface area contributed by atoms with E-state index >= 15 is 0 Å². The van der Waals surface area contributed by atoms with Crippen molar-refractivity contribution in [2.75, 3.05) is 9.91 Å². The molecule has 98 valence electrons. The molecule has 1 aliphatic rings. The maximum Gasteiger partial charge on any atom is 0.160 e. The first-order chi connectivity index (χ1) is 9.03. The zero-order valence-corrected chi connectivity index (χ0v) is 11.5. The van der Waals surface area contributed by atoms with Gasteiger partial charge in [0.1, 0.15) is 5.66 Å². The van der Waals surface area contributed by atoms with Crippen LogP contribution < -0.4 is 15.8 Å². The van der Waals surface area contributed by atoms with Gasteiger partial charge >= 0.3 is 0 Å². The number of fused-ring (bicyclic) bond motifs is 1. The first-order valence-corrected chi connectivity index (χ1v) is 6.39. The van der Waals surface area contributed by atoms with Crippen molar-refractivity contribution in [3.05, 3.63) is 48.2 Å². The summed E-state index contributed by atoms with van der Waals surface area (Å²) in [5, 5.41) is 1.78. The second-order valence-electron chi connectivity index (χ2n) is 5.33. The van der Waals surface area contributed by atoms with E-state index in [2.05, 4.69) is 42.8 Å². The van der Waals surface area contributed by atoms with E-state index in [4.69, 9.17) is 5.84 Å². The minimum Gasteiger partial charge on any atom is -0.300 e. The van der Waals surface area contributed by atoms with Crippen LogP contribution in [0.25, 0.3) is 0 Å². The largest absolute Gasteiger partial charge is 0.300 e. The molecule has 3 rings (SSSR count). The lowest BCUT2D eigenvalue weighted by Gasteiger charge is -2.38. The van der Waals surface area contributed by atoms with E-state index in [0.29, 0.717) is 0 Å². The van der Waals surface area contributed by atoms with Crippen molar-refractivity contribution in [2.45, 2.75) is 26.4 Å². The van der Waals surface area contributed by atoms with Gasteiger partial charge in [0.25, 0.3) is 0 Å². The number of aryl methyl sites for hydroxylation is 1.